The molecule has 0 heterocycles. The van der Waals surface area contributed by atoms with Gasteiger partial charge in [0.2, 0.25) is 0 Å². The lowest BCUT2D eigenvalue weighted by Crippen LogP contribution is -2.55. The number of rotatable bonds is 6. The summed E-state index contributed by atoms with van der Waals surface area (Å²) in [4.78, 5) is 0. The molecule has 0 aromatic heterocycles. The molecule has 9 atom stereocenters. The Kier molecular flexibility index (Phi) is 6.48. The van der Waals surface area contributed by atoms with E-state index in [0.717, 1.165) is 47.5 Å². The van der Waals surface area contributed by atoms with Crippen LogP contribution in [0.15, 0.2) is 0 Å². The largest absolute Gasteiger partial charge is 0.317 e. The highest BCUT2D eigenvalue weighted by Crippen LogP contribution is 2.68. The van der Waals surface area contributed by atoms with E-state index in [1.54, 1.807) is 19.3 Å². The first-order chi connectivity index (χ1) is 13.8. The SMILES string of the molecule is CNC1CCC2(C)C(CCC3C2CCC2(C)C(C(C)CCCC(C)C)CCC32)C1. The summed E-state index contributed by atoms with van der Waals surface area (Å²) in [6, 6.07) is 0.793. The second-order valence-corrected chi connectivity index (χ2v) is 12.9. The molecule has 0 aromatic carbocycles. The van der Waals surface area contributed by atoms with E-state index in [0.29, 0.717) is 10.8 Å². The Morgan fingerprint density at radius 3 is 2.28 bits per heavy atom. The third kappa shape index (κ3) is 3.85. The summed E-state index contributed by atoms with van der Waals surface area (Å²) in [6.07, 6.45) is 18.0. The summed E-state index contributed by atoms with van der Waals surface area (Å²) in [6.45, 7) is 12.9. The van der Waals surface area contributed by atoms with Crippen LogP contribution in [0.5, 0.6) is 0 Å². The zero-order valence-electron chi connectivity index (χ0n) is 20.6. The van der Waals surface area contributed by atoms with Gasteiger partial charge >= 0.3 is 0 Å². The van der Waals surface area contributed by atoms with Crippen LogP contribution in [-0.4, -0.2) is 13.1 Å². The first kappa shape index (κ1) is 22.2. The maximum Gasteiger partial charge on any atom is 0.00671 e. The highest BCUT2D eigenvalue weighted by molar-refractivity contribution is 5.10. The smallest absolute Gasteiger partial charge is 0.00671 e. The van der Waals surface area contributed by atoms with E-state index in [9.17, 15) is 0 Å². The van der Waals surface area contributed by atoms with Gasteiger partial charge in [0, 0.05) is 6.04 Å². The lowest BCUT2D eigenvalue weighted by atomic mass is 9.44. The van der Waals surface area contributed by atoms with Crippen LogP contribution in [0.4, 0.5) is 0 Å². The van der Waals surface area contributed by atoms with Gasteiger partial charge in [-0.15, -0.1) is 0 Å². The first-order valence-corrected chi connectivity index (χ1v) is 13.5. The fraction of sp³-hybridized carbons (Fsp3) is 1.00. The van der Waals surface area contributed by atoms with E-state index >= 15 is 0 Å². The van der Waals surface area contributed by atoms with Crippen molar-refractivity contribution in [2.24, 2.45) is 52.3 Å². The van der Waals surface area contributed by atoms with Crippen molar-refractivity contribution in [2.45, 2.75) is 118 Å². The van der Waals surface area contributed by atoms with Gasteiger partial charge in [-0.1, -0.05) is 53.9 Å². The monoisotopic (exact) mass is 401 g/mol. The maximum absolute atomic E-state index is 3.61. The molecule has 4 rings (SSSR count). The molecule has 1 heteroatoms. The molecule has 0 aliphatic heterocycles. The molecule has 0 radical (unpaired) electrons. The molecule has 4 aliphatic carbocycles. The van der Waals surface area contributed by atoms with Crippen LogP contribution in [-0.2, 0) is 0 Å². The Morgan fingerprint density at radius 1 is 0.828 bits per heavy atom. The lowest BCUT2D eigenvalue weighted by molar-refractivity contribution is -0.117. The molecule has 4 aliphatic rings. The molecule has 29 heavy (non-hydrogen) atoms. The van der Waals surface area contributed by atoms with Crippen molar-refractivity contribution in [3.8, 4) is 0 Å². The number of nitrogens with one attached hydrogen (secondary N) is 1. The lowest BCUT2D eigenvalue weighted by Gasteiger charge is -2.61. The van der Waals surface area contributed by atoms with Crippen molar-refractivity contribution in [1.29, 1.82) is 0 Å². The molecule has 1 N–H and O–H groups in total. The van der Waals surface area contributed by atoms with Crippen LogP contribution in [0.3, 0.4) is 0 Å². The molecule has 0 aromatic rings. The van der Waals surface area contributed by atoms with Crippen LogP contribution in [0.25, 0.3) is 0 Å². The fourth-order valence-electron chi connectivity index (χ4n) is 9.54. The highest BCUT2D eigenvalue weighted by Gasteiger charge is 2.60. The second-order valence-electron chi connectivity index (χ2n) is 12.9. The van der Waals surface area contributed by atoms with Gasteiger partial charge in [-0.2, -0.15) is 0 Å². The van der Waals surface area contributed by atoms with Crippen molar-refractivity contribution >= 4 is 0 Å². The number of fused-ring (bicyclic) bond motifs is 5. The molecule has 1 nitrogen and oxygen atoms in total. The van der Waals surface area contributed by atoms with E-state index in [2.05, 4.69) is 47.0 Å². The van der Waals surface area contributed by atoms with Crippen molar-refractivity contribution < 1.29 is 0 Å². The third-order valence-corrected chi connectivity index (χ3v) is 11.3. The summed E-state index contributed by atoms with van der Waals surface area (Å²) in [5.74, 6) is 6.94. The van der Waals surface area contributed by atoms with Gasteiger partial charge in [0.1, 0.15) is 0 Å². The zero-order chi connectivity index (χ0) is 20.8. The van der Waals surface area contributed by atoms with Gasteiger partial charge < -0.3 is 5.32 Å². The standard InChI is InChI=1S/C28H51N/c1-19(2)8-7-9-20(3)24-12-13-25-23-11-10-21-18-22(29-6)14-16-27(21,4)26(23)15-17-28(24,25)5/h19-26,29H,7-18H2,1-6H3. The molecule has 4 saturated carbocycles. The van der Waals surface area contributed by atoms with Crippen LogP contribution in [0.2, 0.25) is 0 Å². The Labute approximate surface area is 182 Å². The quantitative estimate of drug-likeness (QED) is 0.481. The Morgan fingerprint density at radius 2 is 1.55 bits per heavy atom. The first-order valence-electron chi connectivity index (χ1n) is 13.5. The van der Waals surface area contributed by atoms with E-state index in [-0.39, 0.29) is 0 Å². The van der Waals surface area contributed by atoms with E-state index in [1.807, 2.05) is 0 Å². The predicted octanol–water partition coefficient (Wildman–Crippen LogP) is 7.70. The van der Waals surface area contributed by atoms with Crippen molar-refractivity contribution in [2.75, 3.05) is 7.05 Å². The van der Waals surface area contributed by atoms with Crippen LogP contribution < -0.4 is 5.32 Å². The molecule has 0 bridgehead atoms. The van der Waals surface area contributed by atoms with Crippen LogP contribution in [0.1, 0.15) is 112 Å². The number of hydrogen-bond acceptors (Lipinski definition) is 1. The van der Waals surface area contributed by atoms with Gasteiger partial charge in [0.25, 0.3) is 0 Å². The summed E-state index contributed by atoms with van der Waals surface area (Å²) in [5, 5.41) is 3.61. The Balaban J connectivity index is 1.45. The third-order valence-electron chi connectivity index (χ3n) is 11.3. The fourth-order valence-corrected chi connectivity index (χ4v) is 9.54. The Hall–Kier alpha value is -0.0400. The van der Waals surface area contributed by atoms with Gasteiger partial charge in [-0.25, -0.2) is 0 Å². The van der Waals surface area contributed by atoms with Crippen LogP contribution >= 0.6 is 0 Å². The number of hydrogen-bond donors (Lipinski definition) is 1. The minimum atomic E-state index is 0.651. The van der Waals surface area contributed by atoms with Gasteiger partial charge in [0.05, 0.1) is 0 Å². The van der Waals surface area contributed by atoms with Gasteiger partial charge in [0.15, 0.2) is 0 Å². The maximum atomic E-state index is 3.61. The van der Waals surface area contributed by atoms with E-state index < -0.39 is 0 Å². The molecule has 0 spiro atoms. The topological polar surface area (TPSA) is 12.0 Å². The van der Waals surface area contributed by atoms with Crippen molar-refractivity contribution in [3.05, 3.63) is 0 Å². The molecule has 168 valence electrons. The highest BCUT2D eigenvalue weighted by atomic mass is 14.9. The van der Waals surface area contributed by atoms with Crippen molar-refractivity contribution in [1.82, 2.24) is 5.32 Å². The summed E-state index contributed by atoms with van der Waals surface area (Å²) in [7, 11) is 2.19. The molecular weight excluding hydrogens is 350 g/mol. The minimum absolute atomic E-state index is 0.651. The molecule has 4 fully saturated rings. The second kappa shape index (κ2) is 8.48. The summed E-state index contributed by atoms with van der Waals surface area (Å²) >= 11 is 0. The molecule has 0 amide bonds. The predicted molar refractivity (Wildman–Crippen MR) is 126 cm³/mol. The van der Waals surface area contributed by atoms with Crippen molar-refractivity contribution in [3.63, 3.8) is 0 Å². The van der Waals surface area contributed by atoms with Crippen LogP contribution in [0, 0.1) is 52.3 Å². The Bertz CT molecular complexity index is 555. The molecule has 0 saturated heterocycles. The zero-order valence-corrected chi connectivity index (χ0v) is 20.6. The average molecular weight is 402 g/mol. The summed E-state index contributed by atoms with van der Waals surface area (Å²) < 4.78 is 0. The average Bonchev–Trinajstić information content (AvgIpc) is 3.04. The van der Waals surface area contributed by atoms with E-state index in [1.165, 1.54) is 57.8 Å². The summed E-state index contributed by atoms with van der Waals surface area (Å²) in [5.41, 5.74) is 1.31. The van der Waals surface area contributed by atoms with E-state index in [4.69, 9.17) is 0 Å². The normalized spacial score (nSPS) is 48.1. The minimum Gasteiger partial charge on any atom is -0.317 e. The molecular formula is C28H51N. The van der Waals surface area contributed by atoms with Gasteiger partial charge in [-0.05, 0) is 117 Å². The van der Waals surface area contributed by atoms with Gasteiger partial charge in [-0.3, -0.25) is 0 Å². The molecule has 9 unspecified atom stereocenters.